The van der Waals surface area contributed by atoms with Crippen molar-refractivity contribution in [3.63, 3.8) is 0 Å². The largest absolute Gasteiger partial charge is 0.298 e. The van der Waals surface area contributed by atoms with Crippen LogP contribution in [0.1, 0.15) is 24.8 Å². The van der Waals surface area contributed by atoms with Gasteiger partial charge in [0.05, 0.1) is 11.4 Å². The van der Waals surface area contributed by atoms with Crippen LogP contribution in [0.2, 0.25) is 0 Å². The molecule has 0 N–H and O–H groups in total. The van der Waals surface area contributed by atoms with Crippen LogP contribution in [0.4, 0.5) is 0 Å². The molecule has 0 spiro atoms. The molecule has 6 heteroatoms. The van der Waals surface area contributed by atoms with Crippen LogP contribution in [0.25, 0.3) is 0 Å². The van der Waals surface area contributed by atoms with Gasteiger partial charge in [0.25, 0.3) is 0 Å². The van der Waals surface area contributed by atoms with E-state index in [-0.39, 0.29) is 11.3 Å². The Bertz CT molecular complexity index is 509. The van der Waals surface area contributed by atoms with Crippen molar-refractivity contribution in [2.24, 2.45) is 7.05 Å². The molecule has 1 aromatic rings. The molecule has 0 aromatic carbocycles. The second kappa shape index (κ2) is 5.01. The van der Waals surface area contributed by atoms with Gasteiger partial charge in [-0.05, 0) is 19.9 Å². The van der Waals surface area contributed by atoms with E-state index in [2.05, 4.69) is 10.00 Å². The third-order valence-electron chi connectivity index (χ3n) is 3.72. The normalized spacial score (nSPS) is 24.9. The number of rotatable bonds is 4. The summed E-state index contributed by atoms with van der Waals surface area (Å²) in [4.78, 5) is 2.15. The molecule has 102 valence electrons. The highest BCUT2D eigenvalue weighted by Crippen LogP contribution is 2.29. The molecule has 5 nitrogen and oxygen atoms in total. The van der Waals surface area contributed by atoms with E-state index in [0.717, 1.165) is 31.4 Å². The summed E-state index contributed by atoms with van der Waals surface area (Å²) in [7, 11) is 0.942. The van der Waals surface area contributed by atoms with Crippen molar-refractivity contribution in [1.29, 1.82) is 0 Å². The summed E-state index contributed by atoms with van der Waals surface area (Å²) in [6, 6.07) is 0.139. The van der Waals surface area contributed by atoms with Crippen LogP contribution in [0.5, 0.6) is 0 Å². The third-order valence-corrected chi connectivity index (χ3v) is 5.37. The summed E-state index contributed by atoms with van der Waals surface area (Å²) >= 11 is 0. The predicted octanol–water partition coefficient (Wildman–Crippen LogP) is 0.818. The molecular weight excluding hydrogens is 250 g/mol. The number of nitrogens with zero attached hydrogens (tertiary/aromatic N) is 3. The molecule has 2 atom stereocenters. The molecule has 1 saturated carbocycles. The molecule has 0 bridgehead atoms. The quantitative estimate of drug-likeness (QED) is 0.813. The number of aromatic nitrogens is 2. The van der Waals surface area contributed by atoms with Gasteiger partial charge in [0, 0.05) is 37.7 Å². The van der Waals surface area contributed by atoms with Crippen LogP contribution in [-0.2, 0) is 23.4 Å². The molecule has 1 fully saturated rings. The Morgan fingerprint density at radius 3 is 2.78 bits per heavy atom. The summed E-state index contributed by atoms with van der Waals surface area (Å²) in [5.74, 6) is 0. The maximum atomic E-state index is 11.8. The maximum Gasteiger partial charge on any atom is 0.151 e. The summed E-state index contributed by atoms with van der Waals surface area (Å²) < 4.78 is 25.3. The lowest BCUT2D eigenvalue weighted by molar-refractivity contribution is 0.238. The van der Waals surface area contributed by atoms with Crippen LogP contribution in [0.15, 0.2) is 12.4 Å². The van der Waals surface area contributed by atoms with Crippen molar-refractivity contribution in [2.75, 3.05) is 13.3 Å². The fraction of sp³-hybridized carbons (Fsp3) is 0.750. The summed E-state index contributed by atoms with van der Waals surface area (Å²) in [5.41, 5.74) is 1.12. The topological polar surface area (TPSA) is 55.2 Å². The average Bonchev–Trinajstić information content (AvgIpc) is 2.85. The Balaban J connectivity index is 2.06. The molecule has 0 aliphatic heterocycles. The van der Waals surface area contributed by atoms with Gasteiger partial charge in [-0.2, -0.15) is 5.10 Å². The van der Waals surface area contributed by atoms with Crippen LogP contribution in [-0.4, -0.2) is 47.7 Å². The molecule has 0 saturated heterocycles. The first-order chi connectivity index (χ1) is 8.38. The summed E-state index contributed by atoms with van der Waals surface area (Å²) in [6.45, 7) is 0.754. The van der Waals surface area contributed by atoms with Crippen molar-refractivity contribution in [2.45, 2.75) is 37.1 Å². The maximum absolute atomic E-state index is 11.8. The molecular formula is C12H21N3O2S. The van der Waals surface area contributed by atoms with Crippen LogP contribution in [0.3, 0.4) is 0 Å². The lowest BCUT2D eigenvalue weighted by atomic mass is 10.2. The van der Waals surface area contributed by atoms with E-state index in [4.69, 9.17) is 0 Å². The molecule has 1 aromatic heterocycles. The first-order valence-electron chi connectivity index (χ1n) is 6.24. The lowest BCUT2D eigenvalue weighted by Gasteiger charge is -2.28. The zero-order chi connectivity index (χ0) is 13.3. The Hall–Kier alpha value is -0.880. The van der Waals surface area contributed by atoms with Crippen LogP contribution < -0.4 is 0 Å². The van der Waals surface area contributed by atoms with Crippen LogP contribution >= 0.6 is 0 Å². The van der Waals surface area contributed by atoms with E-state index in [9.17, 15) is 8.42 Å². The highest BCUT2D eigenvalue weighted by atomic mass is 32.2. The van der Waals surface area contributed by atoms with Gasteiger partial charge in [0.1, 0.15) is 0 Å². The van der Waals surface area contributed by atoms with Crippen LogP contribution in [0, 0.1) is 0 Å². The van der Waals surface area contributed by atoms with Gasteiger partial charge in [0.2, 0.25) is 0 Å². The molecule has 18 heavy (non-hydrogen) atoms. The minimum Gasteiger partial charge on any atom is -0.298 e. The molecule has 0 amide bonds. The molecule has 1 heterocycles. The van der Waals surface area contributed by atoms with Gasteiger partial charge in [-0.25, -0.2) is 8.42 Å². The Morgan fingerprint density at radius 2 is 2.22 bits per heavy atom. The number of aryl methyl sites for hydroxylation is 1. The Kier molecular flexibility index (Phi) is 3.77. The molecule has 1 aliphatic carbocycles. The van der Waals surface area contributed by atoms with Gasteiger partial charge >= 0.3 is 0 Å². The van der Waals surface area contributed by atoms with Crippen molar-refractivity contribution in [3.8, 4) is 0 Å². The van der Waals surface area contributed by atoms with Crippen molar-refractivity contribution in [3.05, 3.63) is 18.0 Å². The zero-order valence-electron chi connectivity index (χ0n) is 11.2. The van der Waals surface area contributed by atoms with Gasteiger partial charge in [-0.3, -0.25) is 9.58 Å². The summed E-state index contributed by atoms with van der Waals surface area (Å²) in [6.07, 6.45) is 7.92. The van der Waals surface area contributed by atoms with E-state index in [1.54, 1.807) is 4.68 Å². The van der Waals surface area contributed by atoms with Gasteiger partial charge < -0.3 is 0 Å². The number of hydrogen-bond donors (Lipinski definition) is 0. The second-order valence-electron chi connectivity index (χ2n) is 5.30. The molecule has 1 aliphatic rings. The van der Waals surface area contributed by atoms with E-state index in [1.165, 1.54) is 6.26 Å². The SMILES string of the molecule is CN(Cc1cnn(C)c1)[C@H]1CCC[C@H]1S(C)(=O)=O. The standard InChI is InChI=1S/C12H21N3O2S/c1-14(8-10-7-13-15(2)9-10)11-5-4-6-12(11)18(3,16)17/h7,9,11-12H,4-6,8H2,1-3H3/t11-,12+/m0/s1. The van der Waals surface area contributed by atoms with E-state index >= 15 is 0 Å². The van der Waals surface area contributed by atoms with E-state index in [1.807, 2.05) is 26.5 Å². The van der Waals surface area contributed by atoms with Gasteiger partial charge in [0.15, 0.2) is 9.84 Å². The monoisotopic (exact) mass is 271 g/mol. The van der Waals surface area contributed by atoms with Crippen molar-refractivity contribution < 1.29 is 8.42 Å². The average molecular weight is 271 g/mol. The van der Waals surface area contributed by atoms with Gasteiger partial charge in [-0.1, -0.05) is 6.42 Å². The predicted molar refractivity (Wildman–Crippen MR) is 70.9 cm³/mol. The highest BCUT2D eigenvalue weighted by Gasteiger charge is 2.37. The summed E-state index contributed by atoms with van der Waals surface area (Å²) in [5, 5.41) is 3.93. The zero-order valence-corrected chi connectivity index (χ0v) is 12.0. The first-order valence-corrected chi connectivity index (χ1v) is 8.20. The molecule has 0 radical (unpaired) electrons. The smallest absolute Gasteiger partial charge is 0.151 e. The van der Waals surface area contributed by atoms with Crippen molar-refractivity contribution >= 4 is 9.84 Å². The first kappa shape index (κ1) is 13.5. The van der Waals surface area contributed by atoms with Gasteiger partial charge in [-0.15, -0.1) is 0 Å². The minimum absolute atomic E-state index is 0.139. The Morgan fingerprint density at radius 1 is 1.50 bits per heavy atom. The Labute approximate surface area is 109 Å². The highest BCUT2D eigenvalue weighted by molar-refractivity contribution is 7.91. The van der Waals surface area contributed by atoms with E-state index < -0.39 is 9.84 Å². The lowest BCUT2D eigenvalue weighted by Crippen LogP contribution is -2.40. The fourth-order valence-corrected chi connectivity index (χ4v) is 4.38. The van der Waals surface area contributed by atoms with E-state index in [0.29, 0.717) is 0 Å². The molecule has 2 rings (SSSR count). The fourth-order valence-electron chi connectivity index (χ4n) is 2.87. The number of sulfone groups is 1. The van der Waals surface area contributed by atoms with Crippen molar-refractivity contribution in [1.82, 2.24) is 14.7 Å². The minimum atomic E-state index is -2.95. The number of hydrogen-bond acceptors (Lipinski definition) is 4. The third kappa shape index (κ3) is 2.92. The molecule has 0 unspecified atom stereocenters. The second-order valence-corrected chi connectivity index (χ2v) is 7.57.